The highest BCUT2D eigenvalue weighted by Crippen LogP contribution is 2.24. The molecule has 0 atom stereocenters. The van der Waals surface area contributed by atoms with Crippen LogP contribution in [-0.2, 0) is 0 Å². The Bertz CT molecular complexity index is 237. The van der Waals surface area contributed by atoms with E-state index in [4.69, 9.17) is 11.6 Å². The summed E-state index contributed by atoms with van der Waals surface area (Å²) in [5.74, 6) is 0. The topological polar surface area (TPSA) is 12.0 Å². The van der Waals surface area contributed by atoms with E-state index in [0.29, 0.717) is 0 Å². The van der Waals surface area contributed by atoms with Crippen LogP contribution in [0, 0.1) is 0 Å². The molecule has 1 nitrogen and oxygen atoms in total. The molecule has 0 aromatic heterocycles. The van der Waals surface area contributed by atoms with E-state index >= 15 is 0 Å². The van der Waals surface area contributed by atoms with Gasteiger partial charge in [-0.05, 0) is 18.2 Å². The van der Waals surface area contributed by atoms with Crippen molar-refractivity contribution in [1.29, 1.82) is 0 Å². The molecule has 54 valence electrons. The lowest BCUT2D eigenvalue weighted by molar-refractivity contribution is 1.50. The quantitative estimate of drug-likeness (QED) is 0.767. The first-order valence-corrected chi connectivity index (χ1v) is 4.04. The average Bonchev–Trinajstić information content (AvgIpc) is 1.94. The minimum atomic E-state index is 0.741. The Balaban J connectivity index is 3.09. The van der Waals surface area contributed by atoms with Crippen LogP contribution in [0.4, 0.5) is 5.69 Å². The zero-order chi connectivity index (χ0) is 7.56. The van der Waals surface area contributed by atoms with Crippen LogP contribution in [0.25, 0.3) is 0 Å². The maximum Gasteiger partial charge on any atom is 0.0638 e. The van der Waals surface area contributed by atoms with Crippen molar-refractivity contribution in [3.63, 3.8) is 0 Å². The Morgan fingerprint density at radius 1 is 1.50 bits per heavy atom. The molecule has 0 aliphatic heterocycles. The van der Waals surface area contributed by atoms with Crippen molar-refractivity contribution < 1.29 is 0 Å². The first kappa shape index (κ1) is 7.89. The summed E-state index contributed by atoms with van der Waals surface area (Å²) in [5.41, 5.74) is 0.941. The largest absolute Gasteiger partial charge is 0.387 e. The molecule has 1 aromatic carbocycles. The van der Waals surface area contributed by atoms with E-state index < -0.39 is 0 Å². The van der Waals surface area contributed by atoms with E-state index in [-0.39, 0.29) is 0 Å². The first-order chi connectivity index (χ1) is 4.74. The van der Waals surface area contributed by atoms with Gasteiger partial charge in [0.1, 0.15) is 0 Å². The van der Waals surface area contributed by atoms with E-state index in [0.717, 1.165) is 15.2 Å². The van der Waals surface area contributed by atoms with Crippen molar-refractivity contribution in [1.82, 2.24) is 0 Å². The van der Waals surface area contributed by atoms with Gasteiger partial charge in [-0.25, -0.2) is 0 Å². The Labute approximate surface area is 73.5 Å². The summed E-state index contributed by atoms with van der Waals surface area (Å²) in [7, 11) is 1.84. The van der Waals surface area contributed by atoms with Gasteiger partial charge < -0.3 is 5.32 Å². The van der Waals surface area contributed by atoms with Gasteiger partial charge in [-0.1, -0.05) is 27.5 Å². The third-order valence-corrected chi connectivity index (χ3v) is 2.02. The standard InChI is InChI=1S/C7H7BrClN/c1-10-7-4-5(8)2-3-6(7)9/h2-4,10H,1H3. The molecule has 0 aliphatic rings. The Morgan fingerprint density at radius 2 is 2.20 bits per heavy atom. The summed E-state index contributed by atoms with van der Waals surface area (Å²) in [4.78, 5) is 0. The molecule has 0 saturated carbocycles. The van der Waals surface area contributed by atoms with Gasteiger partial charge >= 0.3 is 0 Å². The summed E-state index contributed by atoms with van der Waals surface area (Å²) in [6.07, 6.45) is 0. The summed E-state index contributed by atoms with van der Waals surface area (Å²) in [6.45, 7) is 0. The van der Waals surface area contributed by atoms with Gasteiger partial charge in [0.25, 0.3) is 0 Å². The lowest BCUT2D eigenvalue weighted by Crippen LogP contribution is -1.87. The van der Waals surface area contributed by atoms with E-state index in [9.17, 15) is 0 Å². The zero-order valence-electron chi connectivity index (χ0n) is 5.49. The minimum Gasteiger partial charge on any atom is -0.387 e. The number of anilines is 1. The molecule has 1 rings (SSSR count). The maximum absolute atomic E-state index is 5.81. The van der Waals surface area contributed by atoms with E-state index in [2.05, 4.69) is 21.2 Å². The minimum absolute atomic E-state index is 0.741. The second-order valence-corrected chi connectivity index (χ2v) is 3.20. The molecular weight excluding hydrogens is 213 g/mol. The van der Waals surface area contributed by atoms with E-state index in [1.165, 1.54) is 0 Å². The van der Waals surface area contributed by atoms with Gasteiger partial charge in [-0.15, -0.1) is 0 Å². The second kappa shape index (κ2) is 3.26. The van der Waals surface area contributed by atoms with Crippen LogP contribution in [0.2, 0.25) is 5.02 Å². The van der Waals surface area contributed by atoms with Gasteiger partial charge in [0.15, 0.2) is 0 Å². The molecule has 0 amide bonds. The van der Waals surface area contributed by atoms with Crippen molar-refractivity contribution in [2.45, 2.75) is 0 Å². The molecule has 0 unspecified atom stereocenters. The Hall–Kier alpha value is -0.210. The van der Waals surface area contributed by atoms with Crippen molar-refractivity contribution >= 4 is 33.2 Å². The Kier molecular flexibility index (Phi) is 2.57. The fourth-order valence-corrected chi connectivity index (χ4v) is 1.26. The van der Waals surface area contributed by atoms with Crippen LogP contribution in [0.5, 0.6) is 0 Å². The third-order valence-electron chi connectivity index (χ3n) is 1.20. The number of nitrogens with one attached hydrogen (secondary N) is 1. The van der Waals surface area contributed by atoms with Gasteiger partial charge in [0, 0.05) is 11.5 Å². The van der Waals surface area contributed by atoms with Crippen LogP contribution < -0.4 is 5.32 Å². The third kappa shape index (κ3) is 1.64. The molecule has 1 N–H and O–H groups in total. The van der Waals surface area contributed by atoms with Crippen LogP contribution >= 0.6 is 27.5 Å². The predicted molar refractivity (Wildman–Crippen MR) is 48.7 cm³/mol. The van der Waals surface area contributed by atoms with Crippen LogP contribution in [-0.4, -0.2) is 7.05 Å². The van der Waals surface area contributed by atoms with Crippen molar-refractivity contribution in [2.75, 3.05) is 12.4 Å². The number of rotatable bonds is 1. The fraction of sp³-hybridized carbons (Fsp3) is 0.143. The van der Waals surface area contributed by atoms with E-state index in [1.54, 1.807) is 0 Å². The molecule has 0 fully saturated rings. The van der Waals surface area contributed by atoms with Crippen molar-refractivity contribution in [2.24, 2.45) is 0 Å². The maximum atomic E-state index is 5.81. The SMILES string of the molecule is CNc1cc(Br)ccc1Cl. The number of hydrogen-bond acceptors (Lipinski definition) is 1. The van der Waals surface area contributed by atoms with Gasteiger partial charge in [0.2, 0.25) is 0 Å². The van der Waals surface area contributed by atoms with Gasteiger partial charge in [-0.2, -0.15) is 0 Å². The molecule has 1 aromatic rings. The molecule has 0 radical (unpaired) electrons. The van der Waals surface area contributed by atoms with Crippen molar-refractivity contribution in [3.8, 4) is 0 Å². The van der Waals surface area contributed by atoms with Crippen LogP contribution in [0.1, 0.15) is 0 Å². The van der Waals surface area contributed by atoms with E-state index in [1.807, 2.05) is 25.2 Å². The molecule has 10 heavy (non-hydrogen) atoms. The molecular formula is C7H7BrClN. The molecule has 0 heterocycles. The van der Waals surface area contributed by atoms with Crippen LogP contribution in [0.3, 0.4) is 0 Å². The fourth-order valence-electron chi connectivity index (χ4n) is 0.689. The van der Waals surface area contributed by atoms with Gasteiger partial charge in [0.05, 0.1) is 10.7 Å². The summed E-state index contributed by atoms with van der Waals surface area (Å²) in [6, 6.07) is 5.68. The predicted octanol–water partition coefficient (Wildman–Crippen LogP) is 3.14. The van der Waals surface area contributed by atoms with Crippen LogP contribution in [0.15, 0.2) is 22.7 Å². The van der Waals surface area contributed by atoms with Gasteiger partial charge in [-0.3, -0.25) is 0 Å². The number of halogens is 2. The summed E-state index contributed by atoms with van der Waals surface area (Å²) < 4.78 is 1.03. The monoisotopic (exact) mass is 219 g/mol. The summed E-state index contributed by atoms with van der Waals surface area (Å²) in [5, 5.41) is 3.72. The lowest BCUT2D eigenvalue weighted by atomic mass is 10.3. The molecule has 0 spiro atoms. The molecule has 0 aliphatic carbocycles. The van der Waals surface area contributed by atoms with Crippen molar-refractivity contribution in [3.05, 3.63) is 27.7 Å². The molecule has 3 heteroatoms. The average molecular weight is 220 g/mol. The normalized spacial score (nSPS) is 9.50. The number of hydrogen-bond donors (Lipinski definition) is 1. The molecule has 0 saturated heterocycles. The number of benzene rings is 1. The highest BCUT2D eigenvalue weighted by Gasteiger charge is 1.96. The smallest absolute Gasteiger partial charge is 0.0638 e. The molecule has 0 bridgehead atoms. The summed E-state index contributed by atoms with van der Waals surface area (Å²) >= 11 is 9.15. The second-order valence-electron chi connectivity index (χ2n) is 1.87. The first-order valence-electron chi connectivity index (χ1n) is 2.87. The zero-order valence-corrected chi connectivity index (χ0v) is 7.83. The Morgan fingerprint density at radius 3 is 2.70 bits per heavy atom. The highest BCUT2D eigenvalue weighted by atomic mass is 79.9. The highest BCUT2D eigenvalue weighted by molar-refractivity contribution is 9.10. The lowest BCUT2D eigenvalue weighted by Gasteiger charge is -2.01.